The highest BCUT2D eigenvalue weighted by molar-refractivity contribution is 7.89. The second-order valence-corrected chi connectivity index (χ2v) is 7.02. The molecule has 0 spiro atoms. The second-order valence-electron chi connectivity index (χ2n) is 5.25. The molecule has 0 atom stereocenters. The van der Waals surface area contributed by atoms with Crippen LogP contribution >= 0.6 is 0 Å². The van der Waals surface area contributed by atoms with Gasteiger partial charge in [-0.3, -0.25) is 0 Å². The fourth-order valence-electron chi connectivity index (χ4n) is 2.37. The molecule has 0 unspecified atom stereocenters. The van der Waals surface area contributed by atoms with Gasteiger partial charge in [0.15, 0.2) is 11.6 Å². The molecule has 8 heteroatoms. The molecular formula is C16H15F2N3O2S. The number of rotatable bonds is 6. The minimum atomic E-state index is -3.86. The van der Waals surface area contributed by atoms with Gasteiger partial charge >= 0.3 is 0 Å². The summed E-state index contributed by atoms with van der Waals surface area (Å²) in [5.41, 5.74) is 1.85. The number of nitrogens with one attached hydrogen (secondary N) is 1. The Morgan fingerprint density at radius 3 is 2.67 bits per heavy atom. The highest BCUT2D eigenvalue weighted by Crippen LogP contribution is 2.14. The van der Waals surface area contributed by atoms with Crippen LogP contribution in [0.5, 0.6) is 0 Å². The number of benzene rings is 2. The molecule has 24 heavy (non-hydrogen) atoms. The SMILES string of the molecule is O=S(=O)(NCCCn1cnc2ccccc21)c1ccc(F)c(F)c1. The van der Waals surface area contributed by atoms with E-state index in [1.54, 1.807) is 6.33 Å². The van der Waals surface area contributed by atoms with Gasteiger partial charge in [-0.2, -0.15) is 0 Å². The topological polar surface area (TPSA) is 64.0 Å². The van der Waals surface area contributed by atoms with Crippen LogP contribution in [0.15, 0.2) is 53.7 Å². The zero-order chi connectivity index (χ0) is 17.2. The molecule has 0 saturated heterocycles. The van der Waals surface area contributed by atoms with Gasteiger partial charge in [-0.05, 0) is 36.8 Å². The van der Waals surface area contributed by atoms with E-state index in [4.69, 9.17) is 0 Å². The van der Waals surface area contributed by atoms with Crippen LogP contribution in [0.25, 0.3) is 11.0 Å². The minimum Gasteiger partial charge on any atom is -0.331 e. The van der Waals surface area contributed by atoms with E-state index in [0.29, 0.717) is 19.0 Å². The number of nitrogens with zero attached hydrogens (tertiary/aromatic N) is 2. The van der Waals surface area contributed by atoms with Gasteiger partial charge in [0.05, 0.1) is 22.3 Å². The molecule has 3 rings (SSSR count). The fourth-order valence-corrected chi connectivity index (χ4v) is 3.46. The van der Waals surface area contributed by atoms with E-state index in [0.717, 1.165) is 23.2 Å². The molecule has 0 aliphatic heterocycles. The molecule has 5 nitrogen and oxygen atoms in total. The number of fused-ring (bicyclic) bond motifs is 1. The fraction of sp³-hybridized carbons (Fsp3) is 0.188. The molecule has 0 saturated carbocycles. The zero-order valence-corrected chi connectivity index (χ0v) is 13.4. The molecule has 1 heterocycles. The average Bonchev–Trinajstić information content (AvgIpc) is 2.97. The first kappa shape index (κ1) is 16.5. The van der Waals surface area contributed by atoms with E-state index in [2.05, 4.69) is 9.71 Å². The van der Waals surface area contributed by atoms with Crippen LogP contribution in [0, 0.1) is 11.6 Å². The van der Waals surface area contributed by atoms with Gasteiger partial charge in [0, 0.05) is 13.1 Å². The van der Waals surface area contributed by atoms with Gasteiger partial charge in [0.1, 0.15) is 0 Å². The molecule has 0 aliphatic rings. The van der Waals surface area contributed by atoms with Gasteiger partial charge in [-0.25, -0.2) is 26.9 Å². The summed E-state index contributed by atoms with van der Waals surface area (Å²) in [6.07, 6.45) is 2.23. The normalized spacial score (nSPS) is 11.9. The maximum atomic E-state index is 13.2. The first-order valence-corrected chi connectivity index (χ1v) is 8.80. The average molecular weight is 351 g/mol. The maximum Gasteiger partial charge on any atom is 0.240 e. The highest BCUT2D eigenvalue weighted by atomic mass is 32.2. The van der Waals surface area contributed by atoms with Crippen molar-refractivity contribution < 1.29 is 17.2 Å². The van der Waals surface area contributed by atoms with Crippen molar-refractivity contribution in [3.8, 4) is 0 Å². The molecule has 0 aliphatic carbocycles. The monoisotopic (exact) mass is 351 g/mol. The van der Waals surface area contributed by atoms with Crippen LogP contribution in [-0.4, -0.2) is 24.5 Å². The largest absolute Gasteiger partial charge is 0.331 e. The Labute approximate surface area is 138 Å². The summed E-state index contributed by atoms with van der Waals surface area (Å²) in [7, 11) is -3.86. The first-order valence-electron chi connectivity index (χ1n) is 7.32. The molecular weight excluding hydrogens is 336 g/mol. The quantitative estimate of drug-likeness (QED) is 0.695. The van der Waals surface area contributed by atoms with Crippen LogP contribution in [0.4, 0.5) is 8.78 Å². The lowest BCUT2D eigenvalue weighted by molar-refractivity contribution is 0.504. The van der Waals surface area contributed by atoms with Crippen molar-refractivity contribution in [3.63, 3.8) is 0 Å². The molecule has 0 radical (unpaired) electrons. The zero-order valence-electron chi connectivity index (χ0n) is 12.6. The molecule has 0 fully saturated rings. The van der Waals surface area contributed by atoms with Crippen LogP contribution in [0.1, 0.15) is 6.42 Å². The van der Waals surface area contributed by atoms with Crippen molar-refractivity contribution in [2.24, 2.45) is 0 Å². The number of halogens is 2. The summed E-state index contributed by atoms with van der Waals surface area (Å²) in [6.45, 7) is 0.759. The number of sulfonamides is 1. The third kappa shape index (κ3) is 3.44. The Hall–Kier alpha value is -2.32. The number of imidazole rings is 1. The Kier molecular flexibility index (Phi) is 4.59. The van der Waals surface area contributed by atoms with Gasteiger partial charge < -0.3 is 4.57 Å². The van der Waals surface area contributed by atoms with Crippen molar-refractivity contribution in [3.05, 3.63) is 60.4 Å². The molecule has 3 aromatic rings. The summed E-state index contributed by atoms with van der Waals surface area (Å²) < 4.78 is 54.4. The lowest BCUT2D eigenvalue weighted by Crippen LogP contribution is -2.25. The van der Waals surface area contributed by atoms with Crippen molar-refractivity contribution in [1.82, 2.24) is 14.3 Å². The van der Waals surface area contributed by atoms with Crippen molar-refractivity contribution >= 4 is 21.1 Å². The second kappa shape index (κ2) is 6.66. The maximum absolute atomic E-state index is 13.2. The smallest absolute Gasteiger partial charge is 0.240 e. The predicted octanol–water partition coefficient (Wildman–Crippen LogP) is 2.68. The lowest BCUT2D eigenvalue weighted by atomic mass is 10.3. The predicted molar refractivity (Wildman–Crippen MR) is 85.9 cm³/mol. The van der Waals surface area contributed by atoms with Crippen LogP contribution < -0.4 is 4.72 Å². The number of hydrogen-bond acceptors (Lipinski definition) is 3. The summed E-state index contributed by atoms with van der Waals surface area (Å²) >= 11 is 0. The van der Waals surface area contributed by atoms with Crippen LogP contribution in [-0.2, 0) is 16.6 Å². The lowest BCUT2D eigenvalue weighted by Gasteiger charge is -2.08. The number of aromatic nitrogens is 2. The molecule has 1 N–H and O–H groups in total. The standard InChI is InChI=1S/C16H15F2N3O2S/c17-13-7-6-12(10-14(13)18)24(22,23)20-8-3-9-21-11-19-15-4-1-2-5-16(15)21/h1-2,4-7,10-11,20H,3,8-9H2. The third-order valence-corrected chi connectivity index (χ3v) is 5.06. The number of para-hydroxylation sites is 2. The third-order valence-electron chi connectivity index (χ3n) is 3.60. The highest BCUT2D eigenvalue weighted by Gasteiger charge is 2.15. The van der Waals surface area contributed by atoms with Gasteiger partial charge in [0.2, 0.25) is 10.0 Å². The van der Waals surface area contributed by atoms with E-state index in [1.807, 2.05) is 28.8 Å². The van der Waals surface area contributed by atoms with Crippen molar-refractivity contribution in [2.45, 2.75) is 17.9 Å². The summed E-state index contributed by atoms with van der Waals surface area (Å²) in [6, 6.07) is 10.1. The van der Waals surface area contributed by atoms with E-state index in [-0.39, 0.29) is 11.4 Å². The van der Waals surface area contributed by atoms with Crippen LogP contribution in [0.2, 0.25) is 0 Å². The Bertz CT molecular complexity index is 970. The van der Waals surface area contributed by atoms with Crippen LogP contribution in [0.3, 0.4) is 0 Å². The molecule has 0 bridgehead atoms. The van der Waals surface area contributed by atoms with E-state index in [1.165, 1.54) is 0 Å². The Morgan fingerprint density at radius 1 is 1.08 bits per heavy atom. The summed E-state index contributed by atoms with van der Waals surface area (Å²) in [5.74, 6) is -2.27. The first-order chi connectivity index (χ1) is 11.5. The minimum absolute atomic E-state index is 0.174. The number of aryl methyl sites for hydroxylation is 1. The Morgan fingerprint density at radius 2 is 1.88 bits per heavy atom. The van der Waals surface area contributed by atoms with E-state index in [9.17, 15) is 17.2 Å². The van der Waals surface area contributed by atoms with Gasteiger partial charge in [-0.1, -0.05) is 12.1 Å². The van der Waals surface area contributed by atoms with Gasteiger partial charge in [0.25, 0.3) is 0 Å². The van der Waals surface area contributed by atoms with Crippen molar-refractivity contribution in [1.29, 1.82) is 0 Å². The Balaban J connectivity index is 1.60. The summed E-state index contributed by atoms with van der Waals surface area (Å²) in [4.78, 5) is 3.96. The molecule has 126 valence electrons. The summed E-state index contributed by atoms with van der Waals surface area (Å²) in [5, 5.41) is 0. The van der Waals surface area contributed by atoms with E-state index >= 15 is 0 Å². The molecule has 1 aromatic heterocycles. The molecule has 2 aromatic carbocycles. The van der Waals surface area contributed by atoms with Crippen molar-refractivity contribution in [2.75, 3.05) is 6.54 Å². The molecule has 0 amide bonds. The van der Waals surface area contributed by atoms with E-state index < -0.39 is 21.7 Å². The van der Waals surface area contributed by atoms with Gasteiger partial charge in [-0.15, -0.1) is 0 Å². The number of hydrogen-bond donors (Lipinski definition) is 1.